The van der Waals surface area contributed by atoms with Crippen LogP contribution in [-0.2, 0) is 6.54 Å². The van der Waals surface area contributed by atoms with Crippen LogP contribution in [0.25, 0.3) is 28.1 Å². The molecule has 5 aromatic rings. The molecule has 6 heteroatoms. The van der Waals surface area contributed by atoms with Crippen molar-refractivity contribution < 1.29 is 0 Å². The maximum atomic E-state index is 4.81. The highest BCUT2D eigenvalue weighted by molar-refractivity contribution is 5.90. The Morgan fingerprint density at radius 3 is 2.59 bits per heavy atom. The molecule has 0 saturated carbocycles. The van der Waals surface area contributed by atoms with E-state index in [1.54, 1.807) is 18.7 Å². The molecule has 3 aromatic heterocycles. The lowest BCUT2D eigenvalue weighted by Gasteiger charge is -2.12. The second kappa shape index (κ2) is 7.52. The smallest absolute Gasteiger partial charge is 0.162 e. The summed E-state index contributed by atoms with van der Waals surface area (Å²) < 4.78 is 1.89. The number of hydrogen-bond acceptors (Lipinski definition) is 5. The molecule has 0 bridgehead atoms. The van der Waals surface area contributed by atoms with Gasteiger partial charge in [-0.05, 0) is 29.8 Å². The first kappa shape index (κ1) is 17.1. The number of anilines is 1. The van der Waals surface area contributed by atoms with E-state index in [1.165, 1.54) is 0 Å². The number of para-hydroxylation sites is 1. The van der Waals surface area contributed by atoms with Crippen LogP contribution < -0.4 is 5.32 Å². The summed E-state index contributed by atoms with van der Waals surface area (Å²) in [6.45, 7) is 0.624. The predicted octanol–water partition coefficient (Wildman–Crippen LogP) is 4.49. The topological polar surface area (TPSA) is 68.5 Å². The van der Waals surface area contributed by atoms with Gasteiger partial charge in [-0.2, -0.15) is 0 Å². The quantitative estimate of drug-likeness (QED) is 0.488. The molecule has 6 nitrogen and oxygen atoms in total. The molecule has 0 aliphatic heterocycles. The number of hydrogen-bond donors (Lipinski definition) is 1. The first-order valence-electron chi connectivity index (χ1n) is 9.36. The van der Waals surface area contributed by atoms with E-state index in [0.717, 1.165) is 33.7 Å². The Morgan fingerprint density at radius 1 is 0.862 bits per heavy atom. The van der Waals surface area contributed by atoms with Gasteiger partial charge in [-0.1, -0.05) is 42.5 Å². The van der Waals surface area contributed by atoms with Crippen LogP contribution in [0, 0.1) is 0 Å². The lowest BCUT2D eigenvalue weighted by molar-refractivity contribution is 0.977. The Morgan fingerprint density at radius 2 is 1.72 bits per heavy atom. The number of fused-ring (bicyclic) bond motifs is 1. The summed E-state index contributed by atoms with van der Waals surface area (Å²) in [4.78, 5) is 18.0. The fourth-order valence-electron chi connectivity index (χ4n) is 3.22. The fraction of sp³-hybridized carbons (Fsp3) is 0.0435. The van der Waals surface area contributed by atoms with Crippen LogP contribution >= 0.6 is 0 Å². The third-order valence-electron chi connectivity index (χ3n) is 4.67. The van der Waals surface area contributed by atoms with E-state index >= 15 is 0 Å². The van der Waals surface area contributed by atoms with Crippen LogP contribution in [0.15, 0.2) is 91.6 Å². The Kier molecular flexibility index (Phi) is 4.42. The van der Waals surface area contributed by atoms with Gasteiger partial charge in [0.2, 0.25) is 0 Å². The van der Waals surface area contributed by atoms with Crippen molar-refractivity contribution in [3.05, 3.63) is 97.2 Å². The van der Waals surface area contributed by atoms with Gasteiger partial charge in [0.25, 0.3) is 0 Å². The predicted molar refractivity (Wildman–Crippen MR) is 114 cm³/mol. The Balaban J connectivity index is 1.48. The van der Waals surface area contributed by atoms with Crippen molar-refractivity contribution in [1.82, 2.24) is 24.5 Å². The van der Waals surface area contributed by atoms with Crippen molar-refractivity contribution >= 4 is 16.7 Å². The maximum absolute atomic E-state index is 4.81. The van der Waals surface area contributed by atoms with E-state index in [-0.39, 0.29) is 0 Å². The second-order valence-corrected chi connectivity index (χ2v) is 6.62. The molecule has 0 aliphatic carbocycles. The van der Waals surface area contributed by atoms with Crippen LogP contribution in [0.5, 0.6) is 0 Å². The Bertz CT molecular complexity index is 1250. The summed E-state index contributed by atoms with van der Waals surface area (Å²) in [6, 6.07) is 22.1. The first-order chi connectivity index (χ1) is 14.4. The third kappa shape index (κ3) is 3.55. The number of nitrogens with one attached hydrogen (secondary N) is 1. The minimum atomic E-state index is 0.624. The summed E-state index contributed by atoms with van der Waals surface area (Å²) in [5.41, 5.74) is 3.01. The zero-order chi connectivity index (χ0) is 19.5. The third-order valence-corrected chi connectivity index (χ3v) is 4.67. The van der Waals surface area contributed by atoms with Crippen LogP contribution in [0.2, 0.25) is 0 Å². The highest BCUT2D eigenvalue weighted by Crippen LogP contribution is 2.25. The zero-order valence-corrected chi connectivity index (χ0v) is 15.6. The first-order valence-corrected chi connectivity index (χ1v) is 9.36. The number of nitrogens with zero attached hydrogens (tertiary/aromatic N) is 5. The van der Waals surface area contributed by atoms with Gasteiger partial charge in [0.05, 0.1) is 5.52 Å². The molecule has 0 fully saturated rings. The van der Waals surface area contributed by atoms with Gasteiger partial charge in [-0.15, -0.1) is 0 Å². The van der Waals surface area contributed by atoms with Crippen LogP contribution in [0.3, 0.4) is 0 Å². The molecule has 0 aliphatic rings. The molecule has 0 atom stereocenters. The van der Waals surface area contributed by atoms with Crippen molar-refractivity contribution in [2.45, 2.75) is 6.54 Å². The molecule has 140 valence electrons. The van der Waals surface area contributed by atoms with E-state index in [2.05, 4.69) is 15.3 Å². The summed E-state index contributed by atoms with van der Waals surface area (Å²) in [7, 11) is 0. The van der Waals surface area contributed by atoms with Crippen molar-refractivity contribution in [2.75, 3.05) is 5.32 Å². The molecule has 1 N–H and O–H groups in total. The van der Waals surface area contributed by atoms with E-state index in [4.69, 9.17) is 9.97 Å². The van der Waals surface area contributed by atoms with Gasteiger partial charge in [0.15, 0.2) is 5.82 Å². The Hall–Kier alpha value is -4.06. The van der Waals surface area contributed by atoms with E-state index in [1.807, 2.05) is 77.5 Å². The molecule has 5 rings (SSSR count). The highest BCUT2D eigenvalue weighted by Gasteiger charge is 2.09. The fourth-order valence-corrected chi connectivity index (χ4v) is 3.22. The van der Waals surface area contributed by atoms with Gasteiger partial charge in [-0.25, -0.2) is 19.9 Å². The number of imidazole rings is 1. The van der Waals surface area contributed by atoms with Crippen LogP contribution in [-0.4, -0.2) is 24.5 Å². The molecular weight excluding hydrogens is 360 g/mol. The summed E-state index contributed by atoms with van der Waals surface area (Å²) >= 11 is 0. The molecule has 0 unspecified atom stereocenters. The van der Waals surface area contributed by atoms with Crippen molar-refractivity contribution in [2.24, 2.45) is 0 Å². The molecule has 3 heterocycles. The van der Waals surface area contributed by atoms with Crippen molar-refractivity contribution in [1.29, 1.82) is 0 Å². The highest BCUT2D eigenvalue weighted by atomic mass is 15.1. The minimum Gasteiger partial charge on any atom is -0.365 e. The second-order valence-electron chi connectivity index (χ2n) is 6.62. The summed E-state index contributed by atoms with van der Waals surface area (Å²) in [5, 5.41) is 4.48. The average molecular weight is 378 g/mol. The molecule has 29 heavy (non-hydrogen) atoms. The van der Waals surface area contributed by atoms with Gasteiger partial charge in [-0.3, -0.25) is 4.57 Å². The summed E-state index contributed by atoms with van der Waals surface area (Å²) in [6.07, 6.45) is 7.16. The van der Waals surface area contributed by atoms with E-state index in [0.29, 0.717) is 12.4 Å². The maximum Gasteiger partial charge on any atom is 0.162 e. The van der Waals surface area contributed by atoms with Gasteiger partial charge >= 0.3 is 0 Å². The largest absolute Gasteiger partial charge is 0.365 e. The number of rotatable bonds is 5. The lowest BCUT2D eigenvalue weighted by Crippen LogP contribution is -2.05. The molecule has 0 radical (unpaired) electrons. The Labute approximate surface area is 167 Å². The number of pyridine rings is 1. The van der Waals surface area contributed by atoms with E-state index < -0.39 is 0 Å². The molecule has 0 spiro atoms. The monoisotopic (exact) mass is 378 g/mol. The van der Waals surface area contributed by atoms with Gasteiger partial charge < -0.3 is 5.32 Å². The van der Waals surface area contributed by atoms with Crippen molar-refractivity contribution in [3.63, 3.8) is 0 Å². The molecule has 0 amide bonds. The molecular formula is C23H18N6. The minimum absolute atomic E-state index is 0.624. The van der Waals surface area contributed by atoms with Crippen molar-refractivity contribution in [3.8, 4) is 17.2 Å². The van der Waals surface area contributed by atoms with E-state index in [9.17, 15) is 0 Å². The van der Waals surface area contributed by atoms with Gasteiger partial charge in [0, 0.05) is 36.1 Å². The normalized spacial score (nSPS) is 10.9. The van der Waals surface area contributed by atoms with Crippen LogP contribution in [0.4, 0.5) is 5.82 Å². The number of benzene rings is 2. The molecule has 2 aromatic carbocycles. The SMILES string of the molecule is c1ccc(-c2nc(NCc3ccnc(-n4ccnc4)c3)c3ccccc3n2)cc1. The standard InChI is InChI=1S/C23H18N6/c1-2-6-18(7-3-1)22-27-20-9-5-4-8-19(20)23(28-22)26-15-17-10-11-25-21(14-17)29-13-12-24-16-29/h1-14,16H,15H2,(H,26,27,28). The average Bonchev–Trinajstić information content (AvgIpc) is 3.33. The number of aromatic nitrogens is 5. The van der Waals surface area contributed by atoms with Crippen LogP contribution in [0.1, 0.15) is 5.56 Å². The molecule has 0 saturated heterocycles. The van der Waals surface area contributed by atoms with Gasteiger partial charge in [0.1, 0.15) is 18.0 Å². The zero-order valence-electron chi connectivity index (χ0n) is 15.6. The lowest BCUT2D eigenvalue weighted by atomic mass is 10.2. The summed E-state index contributed by atoms with van der Waals surface area (Å²) in [5.74, 6) is 2.36.